The van der Waals surface area contributed by atoms with Gasteiger partial charge in [0.1, 0.15) is 0 Å². The molecule has 0 fully saturated rings. The standard InChI is InChI=1S/C18H17N5OS/c1-12-5-2-3-6-15(12)10-20-23-18-21-16(11-25-18)13-7-4-8-14(9-13)17(24)22-19/h2-11H,19H2,1H3,(H,21,23)(H,22,24)/b20-10+. The number of benzene rings is 2. The smallest absolute Gasteiger partial charge is 0.265 e. The van der Waals surface area contributed by atoms with E-state index in [0.717, 1.165) is 22.4 Å². The minimum atomic E-state index is -0.335. The summed E-state index contributed by atoms with van der Waals surface area (Å²) in [4.78, 5) is 16.1. The molecule has 0 radical (unpaired) electrons. The van der Waals surface area contributed by atoms with Crippen LogP contribution in [0.2, 0.25) is 0 Å². The summed E-state index contributed by atoms with van der Waals surface area (Å²) in [6.07, 6.45) is 1.77. The lowest BCUT2D eigenvalue weighted by Gasteiger charge is -2.02. The van der Waals surface area contributed by atoms with Gasteiger partial charge in [0.15, 0.2) is 0 Å². The second kappa shape index (κ2) is 7.69. The average molecular weight is 351 g/mol. The van der Waals surface area contributed by atoms with Crippen LogP contribution in [0.4, 0.5) is 5.13 Å². The molecule has 126 valence electrons. The quantitative estimate of drug-likeness (QED) is 0.285. The third-order valence-electron chi connectivity index (χ3n) is 3.61. The molecule has 1 amide bonds. The van der Waals surface area contributed by atoms with Gasteiger partial charge in [0.25, 0.3) is 5.91 Å². The third-order valence-corrected chi connectivity index (χ3v) is 4.36. The Morgan fingerprint density at radius 1 is 1.24 bits per heavy atom. The molecular formula is C18H17N5OS. The van der Waals surface area contributed by atoms with Crippen molar-refractivity contribution in [3.05, 3.63) is 70.6 Å². The lowest BCUT2D eigenvalue weighted by molar-refractivity contribution is 0.0953. The van der Waals surface area contributed by atoms with Gasteiger partial charge in [-0.3, -0.25) is 15.6 Å². The normalized spacial score (nSPS) is 10.8. The number of aromatic nitrogens is 1. The highest BCUT2D eigenvalue weighted by molar-refractivity contribution is 7.14. The van der Waals surface area contributed by atoms with Gasteiger partial charge >= 0.3 is 0 Å². The number of nitrogens with zero attached hydrogens (tertiary/aromatic N) is 2. The Hall–Kier alpha value is -3.03. The topological polar surface area (TPSA) is 92.4 Å². The SMILES string of the molecule is Cc1ccccc1/C=N/Nc1nc(-c2cccc(C(=O)NN)c2)cs1. The number of carbonyl (C=O) groups excluding carboxylic acids is 1. The van der Waals surface area contributed by atoms with Crippen molar-refractivity contribution in [2.45, 2.75) is 6.92 Å². The molecule has 0 atom stereocenters. The van der Waals surface area contributed by atoms with Gasteiger partial charge in [0.2, 0.25) is 5.13 Å². The van der Waals surface area contributed by atoms with E-state index >= 15 is 0 Å². The second-order valence-corrected chi connectivity index (χ2v) is 6.18. The summed E-state index contributed by atoms with van der Waals surface area (Å²) in [6, 6.07) is 15.1. The molecule has 7 heteroatoms. The van der Waals surface area contributed by atoms with Gasteiger partial charge in [-0.05, 0) is 30.2 Å². The summed E-state index contributed by atoms with van der Waals surface area (Å²) in [5.74, 6) is 4.84. The summed E-state index contributed by atoms with van der Waals surface area (Å²) in [7, 11) is 0. The molecule has 0 unspecified atom stereocenters. The molecule has 0 bridgehead atoms. The van der Waals surface area contributed by atoms with E-state index in [2.05, 4.69) is 20.9 Å². The number of hydrazone groups is 1. The molecule has 3 aromatic rings. The van der Waals surface area contributed by atoms with Crippen LogP contribution in [0, 0.1) is 6.92 Å². The first-order chi connectivity index (χ1) is 12.2. The Morgan fingerprint density at radius 3 is 2.88 bits per heavy atom. The molecule has 0 saturated heterocycles. The van der Waals surface area contributed by atoms with Crippen LogP contribution < -0.4 is 16.7 Å². The molecule has 0 aliphatic carbocycles. The number of anilines is 1. The van der Waals surface area contributed by atoms with Gasteiger partial charge in [-0.15, -0.1) is 11.3 Å². The fourth-order valence-electron chi connectivity index (χ4n) is 2.25. The van der Waals surface area contributed by atoms with Gasteiger partial charge in [0, 0.05) is 16.5 Å². The van der Waals surface area contributed by atoms with Gasteiger partial charge in [-0.2, -0.15) is 5.10 Å². The van der Waals surface area contributed by atoms with Crippen molar-refractivity contribution in [3.8, 4) is 11.3 Å². The van der Waals surface area contributed by atoms with Crippen LogP contribution in [-0.4, -0.2) is 17.1 Å². The van der Waals surface area contributed by atoms with Crippen molar-refractivity contribution in [1.82, 2.24) is 10.4 Å². The van der Waals surface area contributed by atoms with Crippen LogP contribution in [0.15, 0.2) is 59.0 Å². The van der Waals surface area contributed by atoms with E-state index in [0.29, 0.717) is 10.7 Å². The number of carbonyl (C=O) groups is 1. The predicted octanol–water partition coefficient (Wildman–Crippen LogP) is 3.17. The van der Waals surface area contributed by atoms with Gasteiger partial charge < -0.3 is 0 Å². The van der Waals surface area contributed by atoms with E-state index in [9.17, 15) is 4.79 Å². The monoisotopic (exact) mass is 351 g/mol. The maximum Gasteiger partial charge on any atom is 0.265 e. The minimum Gasteiger partial charge on any atom is -0.290 e. The molecule has 0 saturated carbocycles. The Bertz CT molecular complexity index is 919. The van der Waals surface area contributed by atoms with Crippen molar-refractivity contribution < 1.29 is 4.79 Å². The predicted molar refractivity (Wildman–Crippen MR) is 102 cm³/mol. The molecule has 6 nitrogen and oxygen atoms in total. The summed E-state index contributed by atoms with van der Waals surface area (Å²) >= 11 is 1.44. The zero-order valence-electron chi connectivity index (χ0n) is 13.6. The van der Waals surface area contributed by atoms with Crippen LogP contribution in [0.3, 0.4) is 0 Å². The average Bonchev–Trinajstić information content (AvgIpc) is 3.12. The van der Waals surface area contributed by atoms with Crippen LogP contribution >= 0.6 is 11.3 Å². The molecular weight excluding hydrogens is 334 g/mol. The van der Waals surface area contributed by atoms with E-state index < -0.39 is 0 Å². The van der Waals surface area contributed by atoms with Crippen LogP contribution in [0.5, 0.6) is 0 Å². The molecule has 0 aliphatic heterocycles. The molecule has 1 heterocycles. The van der Waals surface area contributed by atoms with Crippen molar-refractivity contribution in [1.29, 1.82) is 0 Å². The lowest BCUT2D eigenvalue weighted by atomic mass is 10.1. The first kappa shape index (κ1) is 16.8. The van der Waals surface area contributed by atoms with E-state index in [1.165, 1.54) is 11.3 Å². The number of nitrogen functional groups attached to an aromatic ring is 1. The number of aryl methyl sites for hydroxylation is 1. The molecule has 0 aliphatic rings. The zero-order chi connectivity index (χ0) is 17.6. The molecule has 2 aromatic carbocycles. The number of hydrazine groups is 1. The number of hydrogen-bond donors (Lipinski definition) is 3. The first-order valence-corrected chi connectivity index (χ1v) is 8.47. The summed E-state index contributed by atoms with van der Waals surface area (Å²) in [6.45, 7) is 2.04. The number of nitrogens with two attached hydrogens (primary N) is 1. The number of rotatable bonds is 5. The van der Waals surface area contributed by atoms with Crippen LogP contribution in [0.25, 0.3) is 11.3 Å². The largest absolute Gasteiger partial charge is 0.290 e. The van der Waals surface area contributed by atoms with Crippen LogP contribution in [-0.2, 0) is 0 Å². The molecule has 3 rings (SSSR count). The summed E-state index contributed by atoms with van der Waals surface area (Å²) in [5.41, 5.74) is 9.36. The highest BCUT2D eigenvalue weighted by atomic mass is 32.1. The number of amides is 1. The molecule has 4 N–H and O–H groups in total. The van der Waals surface area contributed by atoms with Crippen molar-refractivity contribution in [2.75, 3.05) is 5.43 Å². The Balaban J connectivity index is 1.73. The molecule has 0 spiro atoms. The maximum atomic E-state index is 11.6. The first-order valence-electron chi connectivity index (χ1n) is 7.59. The van der Waals surface area contributed by atoms with Gasteiger partial charge in [-0.1, -0.05) is 36.4 Å². The van der Waals surface area contributed by atoms with Crippen molar-refractivity contribution in [3.63, 3.8) is 0 Å². The number of nitrogens with one attached hydrogen (secondary N) is 2. The van der Waals surface area contributed by atoms with Crippen LogP contribution in [0.1, 0.15) is 21.5 Å². The highest BCUT2D eigenvalue weighted by Crippen LogP contribution is 2.25. The third kappa shape index (κ3) is 4.09. The fourth-order valence-corrected chi connectivity index (χ4v) is 2.92. The van der Waals surface area contributed by atoms with E-state index in [1.807, 2.05) is 42.6 Å². The zero-order valence-corrected chi connectivity index (χ0v) is 14.4. The Labute approximate surface area is 149 Å². The minimum absolute atomic E-state index is 0.335. The fraction of sp³-hybridized carbons (Fsp3) is 0.0556. The van der Waals surface area contributed by atoms with Crippen molar-refractivity contribution >= 4 is 28.6 Å². The van der Waals surface area contributed by atoms with E-state index in [-0.39, 0.29) is 5.91 Å². The molecule has 25 heavy (non-hydrogen) atoms. The maximum absolute atomic E-state index is 11.6. The number of hydrogen-bond acceptors (Lipinski definition) is 6. The Kier molecular flexibility index (Phi) is 5.17. The second-order valence-electron chi connectivity index (χ2n) is 5.32. The van der Waals surface area contributed by atoms with Gasteiger partial charge in [-0.25, -0.2) is 10.8 Å². The van der Waals surface area contributed by atoms with Crippen molar-refractivity contribution in [2.24, 2.45) is 10.9 Å². The van der Waals surface area contributed by atoms with E-state index in [1.54, 1.807) is 24.4 Å². The van der Waals surface area contributed by atoms with E-state index in [4.69, 9.17) is 5.84 Å². The summed E-state index contributed by atoms with van der Waals surface area (Å²) in [5, 5.41) is 6.81. The highest BCUT2D eigenvalue weighted by Gasteiger charge is 2.08. The molecule has 1 aromatic heterocycles. The Morgan fingerprint density at radius 2 is 2.08 bits per heavy atom. The number of thiazole rings is 1. The lowest BCUT2D eigenvalue weighted by Crippen LogP contribution is -2.29. The summed E-state index contributed by atoms with van der Waals surface area (Å²) < 4.78 is 0. The van der Waals surface area contributed by atoms with Gasteiger partial charge in [0.05, 0.1) is 11.9 Å².